The highest BCUT2D eigenvalue weighted by Gasteiger charge is 2.32. The van der Waals surface area contributed by atoms with Crippen molar-refractivity contribution in [3.63, 3.8) is 0 Å². The van der Waals surface area contributed by atoms with E-state index in [-0.39, 0.29) is 30.3 Å². The Bertz CT molecular complexity index is 1150. The molecule has 0 radical (unpaired) electrons. The van der Waals surface area contributed by atoms with Gasteiger partial charge in [-0.1, -0.05) is 6.07 Å². The number of nitrogens with zero attached hydrogens (tertiary/aromatic N) is 4. The molecule has 0 bridgehead atoms. The van der Waals surface area contributed by atoms with E-state index in [1.807, 2.05) is 0 Å². The second-order valence-electron chi connectivity index (χ2n) is 7.53. The average Bonchev–Trinajstić information content (AvgIpc) is 3.27. The zero-order valence-corrected chi connectivity index (χ0v) is 17.9. The lowest BCUT2D eigenvalue weighted by Gasteiger charge is -2.14. The summed E-state index contributed by atoms with van der Waals surface area (Å²) in [6, 6.07) is 8.91. The Labute approximate surface area is 190 Å². The number of benzene rings is 2. The van der Waals surface area contributed by atoms with Gasteiger partial charge in [-0.2, -0.15) is 36.5 Å². The number of anilines is 2. The highest BCUT2D eigenvalue weighted by Crippen LogP contribution is 2.33. The molecule has 2 heterocycles. The number of amides is 2. The van der Waals surface area contributed by atoms with E-state index < -0.39 is 23.5 Å². The van der Waals surface area contributed by atoms with Crippen molar-refractivity contribution in [1.82, 2.24) is 0 Å². The smallest absolute Gasteiger partial charge is 0.272 e. The van der Waals surface area contributed by atoms with Crippen LogP contribution in [0, 0.1) is 0 Å². The van der Waals surface area contributed by atoms with Crippen LogP contribution in [-0.2, 0) is 21.9 Å². The van der Waals surface area contributed by atoms with Crippen molar-refractivity contribution in [3.8, 4) is 0 Å². The lowest BCUT2D eigenvalue weighted by atomic mass is 10.2. The first-order chi connectivity index (χ1) is 15.8. The normalized spacial score (nSPS) is 16.4. The molecule has 0 fully saturated rings. The molecule has 0 spiro atoms. The molecule has 12 heteroatoms. The molecule has 2 aliphatic heterocycles. The maximum absolute atomic E-state index is 12.5. The summed E-state index contributed by atoms with van der Waals surface area (Å²) in [6.07, 6.45) is -8.43. The first-order valence-corrected chi connectivity index (χ1v) is 9.84. The largest absolute Gasteiger partial charge is 0.416 e. The zero-order chi connectivity index (χ0) is 25.3. The number of hydrogen-bond acceptors (Lipinski definition) is 4. The summed E-state index contributed by atoms with van der Waals surface area (Å²) in [5.41, 5.74) is 0.194. The third-order valence-corrected chi connectivity index (χ3v) is 4.69. The van der Waals surface area contributed by atoms with Gasteiger partial charge in [0.2, 0.25) is 0 Å². The number of carbonyl (C=O) groups excluding carboxylic acids is 2. The topological polar surface area (TPSA) is 65.3 Å². The third-order valence-electron chi connectivity index (χ3n) is 4.69. The van der Waals surface area contributed by atoms with Crippen LogP contribution in [0.4, 0.5) is 37.7 Å². The minimum atomic E-state index is -4.42. The van der Waals surface area contributed by atoms with E-state index in [1.54, 1.807) is 13.8 Å². The van der Waals surface area contributed by atoms with E-state index in [0.717, 1.165) is 34.3 Å². The molecule has 2 aromatic carbocycles. The molecule has 180 valence electrons. The monoisotopic (exact) mass is 484 g/mol. The molecular weight excluding hydrogens is 466 g/mol. The van der Waals surface area contributed by atoms with Crippen molar-refractivity contribution in [3.05, 3.63) is 59.7 Å². The lowest BCUT2D eigenvalue weighted by molar-refractivity contribution is -0.138. The van der Waals surface area contributed by atoms with Gasteiger partial charge in [0.05, 0.1) is 35.3 Å². The summed E-state index contributed by atoms with van der Waals surface area (Å²) in [5, 5.41) is 9.97. The summed E-state index contributed by atoms with van der Waals surface area (Å²) >= 11 is 0. The first kappa shape index (κ1) is 24.9. The first-order valence-electron chi connectivity index (χ1n) is 9.84. The Morgan fingerprint density at radius 2 is 1.15 bits per heavy atom. The van der Waals surface area contributed by atoms with E-state index in [9.17, 15) is 35.9 Å². The SMILES string of the molecule is CC1=NN(c2ccc(C(F)(F)F)cc2)C(=O)C1.CC1=NN(c2cccc(C(F)(F)F)c2)C(=O)C1. The van der Waals surface area contributed by atoms with E-state index in [4.69, 9.17) is 0 Å². The minimum absolute atomic E-state index is 0.140. The average molecular weight is 484 g/mol. The summed E-state index contributed by atoms with van der Waals surface area (Å²) in [7, 11) is 0. The van der Waals surface area contributed by atoms with E-state index in [1.165, 1.54) is 24.3 Å². The summed E-state index contributed by atoms with van der Waals surface area (Å²) in [6.45, 7) is 3.35. The Morgan fingerprint density at radius 1 is 0.676 bits per heavy atom. The summed E-state index contributed by atoms with van der Waals surface area (Å²) < 4.78 is 74.5. The van der Waals surface area contributed by atoms with Crippen LogP contribution in [0.25, 0.3) is 0 Å². The predicted octanol–water partition coefficient (Wildman–Crippen LogP) is 5.64. The lowest BCUT2D eigenvalue weighted by Crippen LogP contribution is -2.20. The van der Waals surface area contributed by atoms with E-state index in [0.29, 0.717) is 17.1 Å². The van der Waals surface area contributed by atoms with Gasteiger partial charge in [0.15, 0.2) is 0 Å². The van der Waals surface area contributed by atoms with Crippen molar-refractivity contribution < 1.29 is 35.9 Å². The highest BCUT2D eigenvalue weighted by atomic mass is 19.4. The standard InChI is InChI=1S/2C11H9F3N2O/c1-7-6-10(17)16(15-7)9-4-2-8(3-5-9)11(12,13)14;1-7-5-10(17)16(15-7)9-4-2-3-8(6-9)11(12,13)14/h2-5H,6H2,1H3;2-4,6H,5H2,1H3. The van der Waals surface area contributed by atoms with Crippen molar-refractivity contribution in [1.29, 1.82) is 0 Å². The van der Waals surface area contributed by atoms with Gasteiger partial charge in [0.1, 0.15) is 0 Å². The van der Waals surface area contributed by atoms with E-state index in [2.05, 4.69) is 10.2 Å². The molecule has 0 aliphatic carbocycles. The van der Waals surface area contributed by atoms with Gasteiger partial charge >= 0.3 is 12.4 Å². The van der Waals surface area contributed by atoms with Gasteiger partial charge in [-0.15, -0.1) is 0 Å². The molecule has 0 atom stereocenters. The fourth-order valence-electron chi connectivity index (χ4n) is 3.12. The number of hydrazone groups is 2. The van der Waals surface area contributed by atoms with Crippen LogP contribution in [0.15, 0.2) is 58.7 Å². The molecule has 2 aromatic rings. The maximum Gasteiger partial charge on any atom is 0.416 e. The number of rotatable bonds is 2. The van der Waals surface area contributed by atoms with E-state index >= 15 is 0 Å². The van der Waals surface area contributed by atoms with Crippen molar-refractivity contribution >= 4 is 34.6 Å². The van der Waals surface area contributed by atoms with Crippen LogP contribution in [0.3, 0.4) is 0 Å². The van der Waals surface area contributed by atoms with Gasteiger partial charge in [-0.3, -0.25) is 9.59 Å². The molecule has 0 saturated carbocycles. The fourth-order valence-corrected chi connectivity index (χ4v) is 3.12. The van der Waals surface area contributed by atoms with Gasteiger partial charge in [-0.25, -0.2) is 10.0 Å². The van der Waals surface area contributed by atoms with Crippen LogP contribution in [0.1, 0.15) is 37.8 Å². The van der Waals surface area contributed by atoms with Crippen LogP contribution in [0.2, 0.25) is 0 Å². The Hall–Kier alpha value is -3.70. The van der Waals surface area contributed by atoms with Gasteiger partial charge in [0.25, 0.3) is 11.8 Å². The van der Waals surface area contributed by atoms with Crippen LogP contribution >= 0.6 is 0 Å². The maximum atomic E-state index is 12.5. The Morgan fingerprint density at radius 3 is 1.56 bits per heavy atom. The van der Waals surface area contributed by atoms with Gasteiger partial charge < -0.3 is 0 Å². The number of carbonyl (C=O) groups is 2. The Kier molecular flexibility index (Phi) is 6.80. The number of hydrogen-bond donors (Lipinski definition) is 0. The van der Waals surface area contributed by atoms with Crippen LogP contribution in [-0.4, -0.2) is 23.2 Å². The molecule has 0 aromatic heterocycles. The minimum Gasteiger partial charge on any atom is -0.272 e. The molecule has 2 amide bonds. The number of alkyl halides is 6. The molecule has 6 nitrogen and oxygen atoms in total. The molecule has 2 aliphatic rings. The van der Waals surface area contributed by atoms with Gasteiger partial charge in [0, 0.05) is 11.4 Å². The molecular formula is C22H18F6N4O2. The molecule has 34 heavy (non-hydrogen) atoms. The molecule has 4 rings (SSSR count). The quantitative estimate of drug-likeness (QED) is 0.518. The zero-order valence-electron chi connectivity index (χ0n) is 17.9. The molecule has 0 saturated heterocycles. The fraction of sp³-hybridized carbons (Fsp3) is 0.273. The van der Waals surface area contributed by atoms with Gasteiger partial charge in [-0.05, 0) is 56.3 Å². The molecule has 0 unspecified atom stereocenters. The Balaban J connectivity index is 0.000000191. The summed E-state index contributed by atoms with van der Waals surface area (Å²) in [5.74, 6) is -0.552. The second kappa shape index (κ2) is 9.27. The second-order valence-corrected chi connectivity index (χ2v) is 7.53. The summed E-state index contributed by atoms with van der Waals surface area (Å²) in [4.78, 5) is 22.9. The van der Waals surface area contributed by atoms with Crippen LogP contribution in [0.5, 0.6) is 0 Å². The predicted molar refractivity (Wildman–Crippen MR) is 113 cm³/mol. The molecule has 0 N–H and O–H groups in total. The third kappa shape index (κ3) is 5.80. The van der Waals surface area contributed by atoms with Crippen LogP contribution < -0.4 is 10.0 Å². The highest BCUT2D eigenvalue weighted by molar-refractivity contribution is 6.12. The van der Waals surface area contributed by atoms with Crippen molar-refractivity contribution in [2.45, 2.75) is 39.0 Å². The van der Waals surface area contributed by atoms with Crippen molar-refractivity contribution in [2.24, 2.45) is 10.2 Å². The van der Waals surface area contributed by atoms with Crippen molar-refractivity contribution in [2.75, 3.05) is 10.0 Å². The number of halogens is 6.